The van der Waals surface area contributed by atoms with Crippen molar-refractivity contribution >= 4 is 23.4 Å². The Morgan fingerprint density at radius 1 is 0.972 bits per heavy atom. The molecule has 36 heavy (non-hydrogen) atoms. The van der Waals surface area contributed by atoms with Crippen LogP contribution < -0.4 is 14.4 Å². The maximum Gasteiger partial charge on any atom is 0.257 e. The smallest absolute Gasteiger partial charge is 0.257 e. The molecule has 1 saturated heterocycles. The van der Waals surface area contributed by atoms with Gasteiger partial charge in [-0.1, -0.05) is 51.5 Å². The molecule has 1 aliphatic heterocycles. The van der Waals surface area contributed by atoms with Gasteiger partial charge < -0.3 is 14.4 Å². The lowest BCUT2D eigenvalue weighted by Crippen LogP contribution is -2.47. The van der Waals surface area contributed by atoms with Gasteiger partial charge in [-0.25, -0.2) is 4.90 Å². The maximum atomic E-state index is 13.9. The molecule has 1 atom stereocenters. The number of aryl methyl sites for hydroxylation is 1. The third-order valence-electron chi connectivity index (χ3n) is 8.43. The van der Waals surface area contributed by atoms with Crippen LogP contribution in [0.2, 0.25) is 0 Å². The fraction of sp³-hybridized carbons (Fsp3) is 0.483. The molecule has 7 heteroatoms. The van der Waals surface area contributed by atoms with Crippen molar-refractivity contribution < 1.29 is 23.9 Å². The van der Waals surface area contributed by atoms with E-state index in [0.29, 0.717) is 30.2 Å². The molecule has 0 N–H and O–H groups in total. The lowest BCUT2D eigenvalue weighted by molar-refractivity contribution is -0.140. The van der Waals surface area contributed by atoms with Crippen LogP contribution in [0.15, 0.2) is 42.5 Å². The number of anilines is 1. The average molecular weight is 493 g/mol. The summed E-state index contributed by atoms with van der Waals surface area (Å²) >= 11 is 0. The van der Waals surface area contributed by atoms with Gasteiger partial charge in [0.05, 0.1) is 26.3 Å². The summed E-state index contributed by atoms with van der Waals surface area (Å²) < 4.78 is 10.8. The van der Waals surface area contributed by atoms with E-state index in [4.69, 9.17) is 9.47 Å². The summed E-state index contributed by atoms with van der Waals surface area (Å²) in [5.74, 6) is 0.318. The first-order valence-electron chi connectivity index (χ1n) is 12.4. The van der Waals surface area contributed by atoms with Gasteiger partial charge in [0.25, 0.3) is 5.91 Å². The minimum atomic E-state index is -0.821. The summed E-state index contributed by atoms with van der Waals surface area (Å²) in [6.45, 7) is 10.6. The average Bonchev–Trinajstić information content (AvgIpc) is 3.07. The van der Waals surface area contributed by atoms with E-state index in [1.165, 1.54) is 4.90 Å². The first-order valence-corrected chi connectivity index (χ1v) is 12.4. The number of methoxy groups -OCH3 is 2. The quantitative estimate of drug-likeness (QED) is 0.511. The highest BCUT2D eigenvalue weighted by atomic mass is 16.5. The summed E-state index contributed by atoms with van der Waals surface area (Å²) in [7, 11) is 3.16. The number of benzene rings is 2. The van der Waals surface area contributed by atoms with Gasteiger partial charge in [0, 0.05) is 12.5 Å². The standard InChI is InChI=1S/C29H36N2O5/c1-18-8-11-20(12-9-18)31-24(32)17-21(26(31)33)30(27(34)25-28(2,3)29(25,4)5)15-14-19-10-13-22(35-6)23(16-19)36-7/h8-13,16,21,25H,14-15,17H2,1-7H3. The fourth-order valence-electron chi connectivity index (χ4n) is 5.51. The highest BCUT2D eigenvalue weighted by molar-refractivity contribution is 6.23. The second-order valence-electron chi connectivity index (χ2n) is 11.0. The highest BCUT2D eigenvalue weighted by Crippen LogP contribution is 2.69. The van der Waals surface area contributed by atoms with Crippen LogP contribution in [0.4, 0.5) is 5.69 Å². The van der Waals surface area contributed by atoms with Crippen LogP contribution in [-0.4, -0.2) is 49.4 Å². The van der Waals surface area contributed by atoms with E-state index in [9.17, 15) is 14.4 Å². The van der Waals surface area contributed by atoms with Crippen molar-refractivity contribution in [2.24, 2.45) is 16.7 Å². The molecule has 0 spiro atoms. The summed E-state index contributed by atoms with van der Waals surface area (Å²) in [6, 6.07) is 12.1. The molecule has 7 nitrogen and oxygen atoms in total. The van der Waals surface area contributed by atoms with E-state index in [0.717, 1.165) is 11.1 Å². The SMILES string of the molecule is COc1ccc(CCN(C(=O)C2C(C)(C)C2(C)C)C2CC(=O)N(c3ccc(C)cc3)C2=O)cc1OC. The maximum absolute atomic E-state index is 13.9. The first-order chi connectivity index (χ1) is 16.9. The monoisotopic (exact) mass is 492 g/mol. The minimum Gasteiger partial charge on any atom is -0.493 e. The van der Waals surface area contributed by atoms with Gasteiger partial charge in [0.15, 0.2) is 11.5 Å². The molecule has 0 radical (unpaired) electrons. The number of hydrogen-bond acceptors (Lipinski definition) is 5. The number of imide groups is 1. The molecule has 2 fully saturated rings. The summed E-state index contributed by atoms with van der Waals surface area (Å²) in [5, 5.41) is 0. The molecular formula is C29H36N2O5. The molecule has 2 aliphatic rings. The number of amides is 3. The van der Waals surface area contributed by atoms with E-state index in [1.54, 1.807) is 31.3 Å². The van der Waals surface area contributed by atoms with E-state index < -0.39 is 6.04 Å². The second kappa shape index (κ2) is 9.26. The van der Waals surface area contributed by atoms with Crippen molar-refractivity contribution in [3.05, 3.63) is 53.6 Å². The number of rotatable bonds is 8. The minimum absolute atomic E-state index is 0.0159. The Hall–Kier alpha value is -3.35. The first kappa shape index (κ1) is 25.7. The number of ether oxygens (including phenoxy) is 2. The van der Waals surface area contributed by atoms with Crippen LogP contribution in [0, 0.1) is 23.7 Å². The Labute approximate surface area is 213 Å². The predicted octanol–water partition coefficient (Wildman–Crippen LogP) is 4.40. The van der Waals surface area contributed by atoms with Crippen LogP contribution in [0.25, 0.3) is 0 Å². The number of hydrogen-bond donors (Lipinski definition) is 0. The molecule has 1 aliphatic carbocycles. The van der Waals surface area contributed by atoms with Gasteiger partial charge in [-0.15, -0.1) is 0 Å². The van der Waals surface area contributed by atoms with Crippen LogP contribution >= 0.6 is 0 Å². The zero-order valence-corrected chi connectivity index (χ0v) is 22.3. The molecule has 4 rings (SSSR count). The molecule has 2 aromatic carbocycles. The van der Waals surface area contributed by atoms with Gasteiger partial charge in [0.2, 0.25) is 11.8 Å². The third kappa shape index (κ3) is 4.25. The van der Waals surface area contributed by atoms with Crippen LogP contribution in [0.5, 0.6) is 11.5 Å². The van der Waals surface area contributed by atoms with E-state index >= 15 is 0 Å². The van der Waals surface area contributed by atoms with Crippen molar-refractivity contribution in [3.63, 3.8) is 0 Å². The van der Waals surface area contributed by atoms with Crippen LogP contribution in [0.3, 0.4) is 0 Å². The largest absolute Gasteiger partial charge is 0.493 e. The molecule has 192 valence electrons. The fourth-order valence-corrected chi connectivity index (χ4v) is 5.51. The van der Waals surface area contributed by atoms with E-state index in [-0.39, 0.29) is 40.9 Å². The number of carbonyl (C=O) groups excluding carboxylic acids is 3. The van der Waals surface area contributed by atoms with Crippen LogP contribution in [0.1, 0.15) is 45.2 Å². The number of nitrogens with zero attached hydrogens (tertiary/aromatic N) is 2. The predicted molar refractivity (Wildman–Crippen MR) is 138 cm³/mol. The molecule has 0 aromatic heterocycles. The lowest BCUT2D eigenvalue weighted by atomic mass is 10.0. The van der Waals surface area contributed by atoms with Gasteiger partial charge in [-0.2, -0.15) is 0 Å². The van der Waals surface area contributed by atoms with Crippen molar-refractivity contribution in [2.45, 2.75) is 53.5 Å². The zero-order valence-electron chi connectivity index (χ0n) is 22.3. The van der Waals surface area contributed by atoms with Crippen molar-refractivity contribution in [1.29, 1.82) is 0 Å². The molecular weight excluding hydrogens is 456 g/mol. The second-order valence-corrected chi connectivity index (χ2v) is 11.0. The topological polar surface area (TPSA) is 76.2 Å². The molecule has 2 aromatic rings. The van der Waals surface area contributed by atoms with Crippen molar-refractivity contribution in [1.82, 2.24) is 4.90 Å². The van der Waals surface area contributed by atoms with Crippen LogP contribution in [-0.2, 0) is 20.8 Å². The molecule has 1 unspecified atom stereocenters. The molecule has 3 amide bonds. The third-order valence-corrected chi connectivity index (χ3v) is 8.43. The molecule has 1 saturated carbocycles. The number of carbonyl (C=O) groups is 3. The highest BCUT2D eigenvalue weighted by Gasteiger charge is 2.69. The Bertz CT molecular complexity index is 1170. The normalized spacial score (nSPS) is 20.4. The van der Waals surface area contributed by atoms with Gasteiger partial charge in [-0.3, -0.25) is 14.4 Å². The Balaban J connectivity index is 1.62. The van der Waals surface area contributed by atoms with Crippen molar-refractivity contribution in [2.75, 3.05) is 25.7 Å². The van der Waals surface area contributed by atoms with E-state index in [2.05, 4.69) is 27.7 Å². The Kier molecular flexibility index (Phi) is 6.62. The molecule has 0 bridgehead atoms. The van der Waals surface area contributed by atoms with E-state index in [1.807, 2.05) is 37.3 Å². The van der Waals surface area contributed by atoms with Gasteiger partial charge in [-0.05, 0) is 54.0 Å². The Morgan fingerprint density at radius 3 is 2.14 bits per heavy atom. The van der Waals surface area contributed by atoms with Gasteiger partial charge in [0.1, 0.15) is 6.04 Å². The van der Waals surface area contributed by atoms with Gasteiger partial charge >= 0.3 is 0 Å². The summed E-state index contributed by atoms with van der Waals surface area (Å²) in [5.41, 5.74) is 2.16. The summed E-state index contributed by atoms with van der Waals surface area (Å²) in [6.07, 6.45) is 0.500. The summed E-state index contributed by atoms with van der Waals surface area (Å²) in [4.78, 5) is 43.4. The van der Waals surface area contributed by atoms with Crippen molar-refractivity contribution in [3.8, 4) is 11.5 Å². The lowest BCUT2D eigenvalue weighted by Gasteiger charge is -2.29. The molecule has 1 heterocycles. The Morgan fingerprint density at radius 2 is 1.58 bits per heavy atom. The zero-order chi connectivity index (χ0) is 26.4.